The van der Waals surface area contributed by atoms with E-state index in [4.69, 9.17) is 10.5 Å². The normalized spacial score (nSPS) is 23.4. The molecular weight excluding hydrogens is 1370 g/mol. The Morgan fingerprint density at radius 2 is 1.17 bits per heavy atom. The molecule has 3 saturated heterocycles. The summed E-state index contributed by atoms with van der Waals surface area (Å²) in [5.41, 5.74) is 8.45. The van der Waals surface area contributed by atoms with Gasteiger partial charge in [0.2, 0.25) is 53.2 Å². The first-order chi connectivity index (χ1) is 48.3. The lowest BCUT2D eigenvalue weighted by Crippen LogP contribution is -2.61. The molecule has 2 aromatic carbocycles. The van der Waals surface area contributed by atoms with Gasteiger partial charge < -0.3 is 77.7 Å². The zero-order valence-electron chi connectivity index (χ0n) is 57.1. The van der Waals surface area contributed by atoms with Crippen molar-refractivity contribution in [2.45, 2.75) is 131 Å². The molecule has 0 unspecified atom stereocenters. The van der Waals surface area contributed by atoms with Gasteiger partial charge in [-0.05, 0) is 67.7 Å². The molecule has 2 aromatic rings. The monoisotopic (exact) mass is 1470 g/mol. The Morgan fingerprint density at radius 1 is 0.634 bits per heavy atom. The lowest BCUT2D eigenvalue weighted by molar-refractivity contribution is -0.148. The maximum absolute atomic E-state index is 14.8. The fraction of sp³-hybridized carbons (Fsp3) is 0.621. The molecule has 32 nitrogen and oxygen atoms in total. The Bertz CT molecular complexity index is 3150. The van der Waals surface area contributed by atoms with Gasteiger partial charge in [0.15, 0.2) is 0 Å². The molecule has 6 rings (SSSR count). The number of carboxylic acids is 4. The van der Waals surface area contributed by atoms with E-state index in [9.17, 15) is 87.9 Å². The van der Waals surface area contributed by atoms with Gasteiger partial charge in [-0.3, -0.25) is 77.1 Å². The van der Waals surface area contributed by atoms with Crippen molar-refractivity contribution in [1.82, 2.24) is 61.3 Å². The number of ether oxygens (including phenoxy) is 1. The van der Waals surface area contributed by atoms with E-state index in [2.05, 4.69) is 31.9 Å². The molecule has 558 valence electrons. The standard InChI is InChI=1S/C66H97N13O19S3/c1-3-26-98-36-55(83)69-49-40-100-38-45-28-44(37-99-27-15-68-54(82)32-74-18-20-75(33-56(84)85)22-24-77(35-58(88)89)25-23-76(21-19-74)34-57(86)87)29-46(30-45)39-101-41-50(66(96)97)72-61(91)48(31-43-9-5-4-6-10-43)71-60(90)47(13-14-53(67)81)70-63(93)59(42(2)80)73-62(92)51-11-7-16-78(51)65(95)52-12-8-17-79(52)64(49)94/h4-6,9-10,28-30,42,47-52,59,80H,3,7-8,11-27,31-41H2,1-2H3,(H2,67,81)(H,68,82)(H,69,83)(H,70,93)(H,71,90)(H,72,91)(H,73,92)(H,84,85)(H,86,87)(H,88,89)(H,96,97)/t42-,47+,48+,49+,50+,51+,52+,59+/m1/s1. The van der Waals surface area contributed by atoms with Crippen molar-refractivity contribution in [2.24, 2.45) is 5.73 Å². The fourth-order valence-corrected chi connectivity index (χ4v) is 14.9. The van der Waals surface area contributed by atoms with Crippen LogP contribution >= 0.6 is 35.3 Å². The summed E-state index contributed by atoms with van der Waals surface area (Å²) in [5.74, 6) is -9.94. The summed E-state index contributed by atoms with van der Waals surface area (Å²) < 4.78 is 5.53. The highest BCUT2D eigenvalue weighted by atomic mass is 32.2. The van der Waals surface area contributed by atoms with Gasteiger partial charge in [0.05, 0.1) is 32.3 Å². The number of nitrogens with one attached hydrogen (secondary N) is 6. The first-order valence-corrected chi connectivity index (χ1v) is 37.3. The van der Waals surface area contributed by atoms with Crippen molar-refractivity contribution in [3.8, 4) is 0 Å². The molecule has 0 saturated carbocycles. The first-order valence-electron chi connectivity index (χ1n) is 33.9. The summed E-state index contributed by atoms with van der Waals surface area (Å²) in [4.78, 5) is 184. The third-order valence-electron chi connectivity index (χ3n) is 17.2. The van der Waals surface area contributed by atoms with Gasteiger partial charge in [-0.15, -0.1) is 0 Å². The van der Waals surface area contributed by atoms with Gasteiger partial charge in [-0.2, -0.15) is 35.3 Å². The van der Waals surface area contributed by atoms with Crippen LogP contribution in [-0.2, 0) is 90.7 Å². The zero-order valence-corrected chi connectivity index (χ0v) is 59.5. The topological polar surface area (TPSA) is 450 Å². The van der Waals surface area contributed by atoms with Crippen LogP contribution in [0.1, 0.15) is 81.0 Å². The molecule has 0 radical (unpaired) electrons. The van der Waals surface area contributed by atoms with Gasteiger partial charge >= 0.3 is 23.9 Å². The number of nitrogens with zero attached hydrogens (tertiary/aromatic N) is 6. The van der Waals surface area contributed by atoms with E-state index >= 15 is 0 Å². The second-order valence-electron chi connectivity index (χ2n) is 25.4. The molecule has 9 amide bonds. The van der Waals surface area contributed by atoms with E-state index in [0.717, 1.165) is 16.7 Å². The lowest BCUT2D eigenvalue weighted by Gasteiger charge is -2.33. The largest absolute Gasteiger partial charge is 0.480 e. The fourth-order valence-electron chi connectivity index (χ4n) is 12.1. The summed E-state index contributed by atoms with van der Waals surface area (Å²) in [6.45, 7) is 4.37. The van der Waals surface area contributed by atoms with Crippen molar-refractivity contribution < 1.29 is 92.6 Å². The molecule has 101 heavy (non-hydrogen) atoms. The minimum Gasteiger partial charge on any atom is -0.480 e. The van der Waals surface area contributed by atoms with Crippen LogP contribution in [0, 0.1) is 0 Å². The number of primary amides is 1. The van der Waals surface area contributed by atoms with Gasteiger partial charge in [-0.25, -0.2) is 4.79 Å². The van der Waals surface area contributed by atoms with Crippen LogP contribution in [0.4, 0.5) is 0 Å². The van der Waals surface area contributed by atoms with Crippen LogP contribution in [0.2, 0.25) is 0 Å². The molecule has 0 aromatic heterocycles. The average molecular weight is 1470 g/mol. The number of aliphatic hydroxyl groups is 1. The van der Waals surface area contributed by atoms with Crippen molar-refractivity contribution >= 4 is 112 Å². The SMILES string of the molecule is CCCOCC(=O)N[C@H]1CSCc2cc(CSCCNC(=O)CN3CCN(CC(=O)O)CCN(CC(=O)O)CCN(CC(=O)O)CC3)cc(c2)CSC[C@@H](C(=O)O)NC(=O)[C@H](Cc2ccccc2)NC(=O)[C@H](CCC(N)=O)NC(=O)[C@H]([C@@H](C)O)NC(=O)[C@@H]2CCCN2C(=O)[C@@H]2CCCN2C1=O. The highest BCUT2D eigenvalue weighted by Gasteiger charge is 2.45. The first kappa shape index (κ1) is 82.3. The van der Waals surface area contributed by atoms with Crippen LogP contribution in [0.25, 0.3) is 0 Å². The predicted octanol–water partition coefficient (Wildman–Crippen LogP) is -2.20. The number of nitrogens with two attached hydrogens (primary N) is 1. The van der Waals surface area contributed by atoms with E-state index in [-0.39, 0.29) is 154 Å². The Morgan fingerprint density at radius 3 is 1.71 bits per heavy atom. The number of rotatable bonds is 25. The average Bonchev–Trinajstić information content (AvgIpc) is 1.72. The maximum Gasteiger partial charge on any atom is 0.327 e. The molecule has 35 heteroatoms. The van der Waals surface area contributed by atoms with Crippen LogP contribution in [0.3, 0.4) is 0 Å². The minimum absolute atomic E-state index is 0.0388. The summed E-state index contributed by atoms with van der Waals surface area (Å²) in [6.07, 6.45) is -0.789. The Balaban J connectivity index is 1.26. The molecule has 4 aliphatic rings. The van der Waals surface area contributed by atoms with E-state index in [0.29, 0.717) is 42.1 Å². The van der Waals surface area contributed by atoms with Crippen molar-refractivity contribution in [3.05, 3.63) is 70.8 Å². The number of carboxylic acid groups (broad SMARTS) is 4. The number of amides is 9. The molecule has 4 heterocycles. The van der Waals surface area contributed by atoms with Crippen LogP contribution in [0.5, 0.6) is 0 Å². The van der Waals surface area contributed by atoms with E-state index in [1.807, 2.05) is 30.0 Å². The Hall–Kier alpha value is -7.64. The van der Waals surface area contributed by atoms with Gasteiger partial charge in [-0.1, -0.05) is 55.5 Å². The molecule has 2 bridgehead atoms. The third-order valence-corrected chi connectivity index (χ3v) is 20.5. The molecular formula is C66H97N13O19S3. The maximum atomic E-state index is 14.8. The highest BCUT2D eigenvalue weighted by molar-refractivity contribution is 7.99. The third kappa shape index (κ3) is 28.6. The molecule has 4 aliphatic heterocycles. The van der Waals surface area contributed by atoms with E-state index in [1.165, 1.54) is 52.0 Å². The smallest absolute Gasteiger partial charge is 0.327 e. The minimum atomic E-state index is -1.72. The van der Waals surface area contributed by atoms with E-state index < -0.39 is 132 Å². The van der Waals surface area contributed by atoms with Gasteiger partial charge in [0.1, 0.15) is 48.9 Å². The van der Waals surface area contributed by atoms with Crippen LogP contribution < -0.4 is 37.6 Å². The summed E-state index contributed by atoms with van der Waals surface area (Å²) in [7, 11) is 0. The predicted molar refractivity (Wildman–Crippen MR) is 375 cm³/mol. The number of hydrogen-bond donors (Lipinski definition) is 12. The van der Waals surface area contributed by atoms with Gasteiger partial charge in [0, 0.05) is 126 Å². The number of carbonyl (C=O) groups is 13. The number of thioether (sulfide) groups is 3. The quantitative estimate of drug-likeness (QED) is 0.0469. The van der Waals surface area contributed by atoms with Crippen LogP contribution in [-0.4, -0.2) is 309 Å². The lowest BCUT2D eigenvalue weighted by atomic mass is 10.0. The van der Waals surface area contributed by atoms with Crippen molar-refractivity contribution in [2.75, 3.05) is 129 Å². The number of aliphatic carboxylic acids is 4. The van der Waals surface area contributed by atoms with Gasteiger partial charge in [0.25, 0.3) is 0 Å². The Labute approximate surface area is 599 Å². The number of carbonyl (C=O) groups excluding carboxylic acids is 9. The summed E-state index contributed by atoms with van der Waals surface area (Å²) in [6, 6.07) is 4.66. The number of benzene rings is 2. The molecule has 8 atom stereocenters. The molecule has 0 spiro atoms. The highest BCUT2D eigenvalue weighted by Crippen LogP contribution is 2.28. The molecule has 3 fully saturated rings. The van der Waals surface area contributed by atoms with E-state index in [1.54, 1.807) is 45.0 Å². The molecule has 0 aliphatic carbocycles. The number of hydrogen-bond acceptors (Lipinski definition) is 22. The van der Waals surface area contributed by atoms with Crippen molar-refractivity contribution in [1.29, 1.82) is 0 Å². The molecule has 13 N–H and O–H groups in total. The Kier molecular flexibility index (Phi) is 34.8. The number of aliphatic hydroxyl groups excluding tert-OH is 1. The zero-order chi connectivity index (χ0) is 73.5. The van der Waals surface area contributed by atoms with Crippen LogP contribution in [0.15, 0.2) is 48.5 Å². The van der Waals surface area contributed by atoms with Crippen molar-refractivity contribution in [3.63, 3.8) is 0 Å². The second kappa shape index (κ2) is 42.7. The summed E-state index contributed by atoms with van der Waals surface area (Å²) >= 11 is 4.02. The summed E-state index contributed by atoms with van der Waals surface area (Å²) in [5, 5.41) is 66.4. The number of fused-ring (bicyclic) bond motifs is 4. The second-order valence-corrected chi connectivity index (χ2v) is 28.5.